The maximum atomic E-state index is 5.62. The molecule has 0 saturated carbocycles. The average molecular weight is 217 g/mol. The van der Waals surface area contributed by atoms with Crippen molar-refractivity contribution in [3.05, 3.63) is 29.8 Å². The highest BCUT2D eigenvalue weighted by Crippen LogP contribution is 2.16. The number of hydrogen-bond acceptors (Lipinski definition) is 2. The summed E-state index contributed by atoms with van der Waals surface area (Å²) in [7, 11) is 0. The minimum atomic E-state index is 0.697. The van der Waals surface area contributed by atoms with Gasteiger partial charge in [0.15, 0.2) is 0 Å². The van der Waals surface area contributed by atoms with Crippen LogP contribution in [0, 0.1) is 11.8 Å². The van der Waals surface area contributed by atoms with E-state index in [1.165, 1.54) is 0 Å². The van der Waals surface area contributed by atoms with Gasteiger partial charge in [0.05, 0.1) is 12.2 Å². The first-order chi connectivity index (χ1) is 7.88. The van der Waals surface area contributed by atoms with Crippen molar-refractivity contribution >= 4 is 0 Å². The van der Waals surface area contributed by atoms with Crippen LogP contribution in [0.5, 0.6) is 5.75 Å². The Hall–Kier alpha value is -1.46. The molecule has 0 saturated heterocycles. The minimum Gasteiger partial charge on any atom is -0.492 e. The predicted molar refractivity (Wildman–Crippen MR) is 67.4 cm³/mol. The number of benzene rings is 1. The number of para-hydroxylation sites is 1. The summed E-state index contributed by atoms with van der Waals surface area (Å²) in [6.45, 7) is 3.53. The predicted octanol–water partition coefficient (Wildman–Crippen LogP) is 2.57. The molecular weight excluding hydrogens is 198 g/mol. The van der Waals surface area contributed by atoms with Crippen LogP contribution in [0.25, 0.3) is 0 Å². The first-order valence-electron chi connectivity index (χ1n) is 5.79. The Labute approximate surface area is 97.8 Å². The van der Waals surface area contributed by atoms with Crippen molar-refractivity contribution in [2.45, 2.75) is 26.2 Å². The SMILES string of the molecule is CCCOc1ccccc1C#CCCCN. The van der Waals surface area contributed by atoms with Crippen LogP contribution in [0.2, 0.25) is 0 Å². The van der Waals surface area contributed by atoms with Gasteiger partial charge in [0.25, 0.3) is 0 Å². The number of hydrogen-bond donors (Lipinski definition) is 1. The molecule has 16 heavy (non-hydrogen) atoms. The standard InChI is InChI=1S/C14H19NO/c1-2-12-16-14-10-6-5-9-13(14)8-4-3-7-11-15/h5-6,9-10H,2-3,7,11-12,15H2,1H3. The summed E-state index contributed by atoms with van der Waals surface area (Å²) in [5.74, 6) is 7.12. The lowest BCUT2D eigenvalue weighted by Gasteiger charge is -2.05. The monoisotopic (exact) mass is 217 g/mol. The molecule has 2 heteroatoms. The van der Waals surface area contributed by atoms with Crippen LogP contribution in [-0.2, 0) is 0 Å². The van der Waals surface area contributed by atoms with Gasteiger partial charge < -0.3 is 10.5 Å². The lowest BCUT2D eigenvalue weighted by molar-refractivity contribution is 0.316. The Balaban J connectivity index is 2.65. The van der Waals surface area contributed by atoms with Crippen molar-refractivity contribution in [2.75, 3.05) is 13.2 Å². The third kappa shape index (κ3) is 4.37. The summed E-state index contributed by atoms with van der Waals surface area (Å²) in [5.41, 5.74) is 6.38. The molecule has 0 aliphatic heterocycles. The smallest absolute Gasteiger partial charge is 0.134 e. The molecule has 0 aliphatic carbocycles. The summed E-state index contributed by atoms with van der Waals surface area (Å²) in [6, 6.07) is 7.89. The van der Waals surface area contributed by atoms with Crippen molar-refractivity contribution < 1.29 is 4.74 Å². The molecule has 0 heterocycles. The zero-order valence-corrected chi connectivity index (χ0v) is 9.83. The molecule has 2 N–H and O–H groups in total. The Morgan fingerprint density at radius 2 is 2.12 bits per heavy atom. The third-order valence-electron chi connectivity index (χ3n) is 2.08. The van der Waals surface area contributed by atoms with Gasteiger partial charge in [-0.05, 0) is 31.5 Å². The largest absolute Gasteiger partial charge is 0.492 e. The maximum Gasteiger partial charge on any atom is 0.134 e. The summed E-state index contributed by atoms with van der Waals surface area (Å²) in [6.07, 6.45) is 2.80. The topological polar surface area (TPSA) is 35.2 Å². The van der Waals surface area contributed by atoms with Gasteiger partial charge in [0.1, 0.15) is 5.75 Å². The van der Waals surface area contributed by atoms with Gasteiger partial charge in [-0.1, -0.05) is 30.9 Å². The van der Waals surface area contributed by atoms with Gasteiger partial charge in [0, 0.05) is 6.42 Å². The van der Waals surface area contributed by atoms with Crippen LogP contribution < -0.4 is 10.5 Å². The quantitative estimate of drug-likeness (QED) is 0.607. The molecule has 1 aromatic rings. The van der Waals surface area contributed by atoms with E-state index >= 15 is 0 Å². The van der Waals surface area contributed by atoms with Crippen LogP contribution in [0.1, 0.15) is 31.7 Å². The summed E-state index contributed by atoms with van der Waals surface area (Å²) in [4.78, 5) is 0. The van der Waals surface area contributed by atoms with E-state index in [0.29, 0.717) is 6.54 Å². The van der Waals surface area contributed by atoms with E-state index in [0.717, 1.165) is 37.2 Å². The van der Waals surface area contributed by atoms with Crippen molar-refractivity contribution in [3.63, 3.8) is 0 Å². The van der Waals surface area contributed by atoms with Crippen LogP contribution in [0.4, 0.5) is 0 Å². The maximum absolute atomic E-state index is 5.62. The van der Waals surface area contributed by atoms with E-state index in [4.69, 9.17) is 10.5 Å². The molecule has 0 aromatic heterocycles. The number of nitrogens with two attached hydrogens (primary N) is 1. The molecule has 0 bridgehead atoms. The molecule has 0 unspecified atom stereocenters. The molecule has 0 atom stereocenters. The van der Waals surface area contributed by atoms with Crippen molar-refractivity contribution in [3.8, 4) is 17.6 Å². The van der Waals surface area contributed by atoms with Gasteiger partial charge in [-0.15, -0.1) is 0 Å². The lowest BCUT2D eigenvalue weighted by atomic mass is 10.2. The minimum absolute atomic E-state index is 0.697. The molecule has 2 nitrogen and oxygen atoms in total. The molecule has 0 spiro atoms. The highest BCUT2D eigenvalue weighted by Gasteiger charge is 1.98. The van der Waals surface area contributed by atoms with Crippen LogP contribution in [-0.4, -0.2) is 13.2 Å². The van der Waals surface area contributed by atoms with Gasteiger partial charge in [0.2, 0.25) is 0 Å². The molecule has 0 amide bonds. The number of ether oxygens (including phenoxy) is 1. The number of rotatable bonds is 5. The van der Waals surface area contributed by atoms with Gasteiger partial charge >= 0.3 is 0 Å². The average Bonchev–Trinajstić information content (AvgIpc) is 2.33. The van der Waals surface area contributed by atoms with E-state index in [-0.39, 0.29) is 0 Å². The zero-order valence-electron chi connectivity index (χ0n) is 9.83. The molecule has 1 aromatic carbocycles. The first-order valence-corrected chi connectivity index (χ1v) is 5.79. The second-order valence-electron chi connectivity index (χ2n) is 3.54. The Morgan fingerprint density at radius 3 is 2.88 bits per heavy atom. The molecule has 0 aliphatic rings. The van der Waals surface area contributed by atoms with E-state index in [1.807, 2.05) is 24.3 Å². The second kappa shape index (κ2) is 7.78. The van der Waals surface area contributed by atoms with Gasteiger partial charge in [-0.25, -0.2) is 0 Å². The van der Waals surface area contributed by atoms with Crippen LogP contribution >= 0.6 is 0 Å². The Morgan fingerprint density at radius 1 is 1.31 bits per heavy atom. The summed E-state index contributed by atoms with van der Waals surface area (Å²) < 4.78 is 5.62. The van der Waals surface area contributed by atoms with E-state index in [1.54, 1.807) is 0 Å². The fourth-order valence-electron chi connectivity index (χ4n) is 1.26. The van der Waals surface area contributed by atoms with E-state index < -0.39 is 0 Å². The fraction of sp³-hybridized carbons (Fsp3) is 0.429. The zero-order chi connectivity index (χ0) is 11.6. The lowest BCUT2D eigenvalue weighted by Crippen LogP contribution is -1.97. The van der Waals surface area contributed by atoms with Crippen LogP contribution in [0.3, 0.4) is 0 Å². The van der Waals surface area contributed by atoms with Gasteiger partial charge in [-0.3, -0.25) is 0 Å². The third-order valence-corrected chi connectivity index (χ3v) is 2.08. The summed E-state index contributed by atoms with van der Waals surface area (Å²) >= 11 is 0. The first kappa shape index (κ1) is 12.6. The van der Waals surface area contributed by atoms with Crippen molar-refractivity contribution in [2.24, 2.45) is 5.73 Å². The van der Waals surface area contributed by atoms with Crippen molar-refractivity contribution in [1.29, 1.82) is 0 Å². The Bertz CT molecular complexity index is 362. The van der Waals surface area contributed by atoms with E-state index in [2.05, 4.69) is 18.8 Å². The van der Waals surface area contributed by atoms with Gasteiger partial charge in [-0.2, -0.15) is 0 Å². The van der Waals surface area contributed by atoms with Crippen LogP contribution in [0.15, 0.2) is 24.3 Å². The highest BCUT2D eigenvalue weighted by molar-refractivity contribution is 5.45. The molecule has 0 radical (unpaired) electrons. The van der Waals surface area contributed by atoms with E-state index in [9.17, 15) is 0 Å². The molecular formula is C14H19NO. The fourth-order valence-corrected chi connectivity index (χ4v) is 1.26. The van der Waals surface area contributed by atoms with Crippen molar-refractivity contribution in [1.82, 2.24) is 0 Å². The highest BCUT2D eigenvalue weighted by atomic mass is 16.5. The molecule has 86 valence electrons. The normalized spacial score (nSPS) is 9.38. The second-order valence-corrected chi connectivity index (χ2v) is 3.54. The Kier molecular flexibility index (Phi) is 6.13. The summed E-state index contributed by atoms with van der Waals surface area (Å²) in [5, 5.41) is 0. The molecule has 1 rings (SSSR count). The number of unbranched alkanes of at least 4 members (excludes halogenated alkanes) is 1. The molecule has 0 fully saturated rings.